The zero-order valence-corrected chi connectivity index (χ0v) is 11.9. The van der Waals surface area contributed by atoms with Gasteiger partial charge in [0.05, 0.1) is 0 Å². The van der Waals surface area contributed by atoms with Crippen LogP contribution in [0.4, 0.5) is 0 Å². The fraction of sp³-hybridized carbons (Fsp3) is 0.625. The molecule has 2 nitrogen and oxygen atoms in total. The molecule has 0 spiro atoms. The molecule has 1 unspecified atom stereocenters. The molecule has 0 saturated heterocycles. The fourth-order valence-corrected chi connectivity index (χ4v) is 2.05. The van der Waals surface area contributed by atoms with E-state index in [0.29, 0.717) is 5.92 Å². The van der Waals surface area contributed by atoms with E-state index in [9.17, 15) is 5.11 Å². The molecule has 0 aliphatic rings. The highest BCUT2D eigenvalue weighted by Crippen LogP contribution is 2.12. The van der Waals surface area contributed by atoms with Crippen LogP contribution in [0.5, 0.6) is 0 Å². The molecule has 0 radical (unpaired) electrons. The molecular weight excluding hydrogens is 222 g/mol. The molecular formula is C16H27NO. The van der Waals surface area contributed by atoms with Crippen molar-refractivity contribution >= 4 is 0 Å². The van der Waals surface area contributed by atoms with Crippen molar-refractivity contribution in [1.82, 2.24) is 5.32 Å². The smallest absolute Gasteiger partial charge is 0.0474 e. The van der Waals surface area contributed by atoms with Crippen LogP contribution in [0.3, 0.4) is 0 Å². The molecule has 1 rings (SSSR count). The lowest BCUT2D eigenvalue weighted by Gasteiger charge is -2.17. The molecule has 0 fully saturated rings. The number of hydrogen-bond donors (Lipinski definition) is 2. The summed E-state index contributed by atoms with van der Waals surface area (Å²) < 4.78 is 0. The SMILES string of the molecule is Cc1ccccc1CC(CO)CNCCC(C)C. The summed E-state index contributed by atoms with van der Waals surface area (Å²) in [5.41, 5.74) is 2.67. The Bertz CT molecular complexity index is 336. The van der Waals surface area contributed by atoms with Crippen molar-refractivity contribution in [3.05, 3.63) is 35.4 Å². The van der Waals surface area contributed by atoms with Crippen molar-refractivity contribution in [2.75, 3.05) is 19.7 Å². The maximum absolute atomic E-state index is 9.45. The van der Waals surface area contributed by atoms with Gasteiger partial charge in [0.25, 0.3) is 0 Å². The standard InChI is InChI=1S/C16H27NO/c1-13(2)8-9-17-11-15(12-18)10-16-7-5-4-6-14(16)3/h4-7,13,15,17-18H,8-12H2,1-3H3. The highest BCUT2D eigenvalue weighted by molar-refractivity contribution is 5.25. The minimum absolute atomic E-state index is 0.253. The van der Waals surface area contributed by atoms with Gasteiger partial charge in [0.1, 0.15) is 0 Å². The minimum atomic E-state index is 0.253. The Morgan fingerprint density at radius 3 is 2.56 bits per heavy atom. The van der Waals surface area contributed by atoms with Crippen molar-refractivity contribution < 1.29 is 5.11 Å². The first-order valence-corrected chi connectivity index (χ1v) is 6.99. The monoisotopic (exact) mass is 249 g/mol. The van der Waals surface area contributed by atoms with Crippen LogP contribution in [0.2, 0.25) is 0 Å². The van der Waals surface area contributed by atoms with Crippen LogP contribution in [-0.4, -0.2) is 24.8 Å². The Morgan fingerprint density at radius 1 is 1.22 bits per heavy atom. The normalized spacial score (nSPS) is 12.9. The Kier molecular flexibility index (Phi) is 6.99. The van der Waals surface area contributed by atoms with E-state index in [0.717, 1.165) is 25.4 Å². The molecule has 0 aromatic heterocycles. The number of hydrogen-bond acceptors (Lipinski definition) is 2. The molecule has 1 atom stereocenters. The van der Waals surface area contributed by atoms with Gasteiger partial charge < -0.3 is 10.4 Å². The summed E-state index contributed by atoms with van der Waals surface area (Å²) in [6.45, 7) is 8.80. The number of nitrogens with one attached hydrogen (secondary N) is 1. The number of benzene rings is 1. The maximum atomic E-state index is 9.45. The van der Waals surface area contributed by atoms with Gasteiger partial charge in [0, 0.05) is 13.2 Å². The van der Waals surface area contributed by atoms with Crippen LogP contribution in [-0.2, 0) is 6.42 Å². The lowest BCUT2D eigenvalue weighted by atomic mass is 9.96. The first kappa shape index (κ1) is 15.2. The van der Waals surface area contributed by atoms with E-state index in [4.69, 9.17) is 0 Å². The van der Waals surface area contributed by atoms with E-state index in [-0.39, 0.29) is 6.61 Å². The van der Waals surface area contributed by atoms with Gasteiger partial charge in [-0.05, 0) is 49.3 Å². The quantitative estimate of drug-likeness (QED) is 0.694. The van der Waals surface area contributed by atoms with Crippen LogP contribution in [0.15, 0.2) is 24.3 Å². The third kappa shape index (κ3) is 5.65. The number of aliphatic hydroxyl groups is 1. The number of aliphatic hydroxyl groups excluding tert-OH is 1. The Morgan fingerprint density at radius 2 is 1.94 bits per heavy atom. The molecule has 0 heterocycles. The van der Waals surface area contributed by atoms with Gasteiger partial charge >= 0.3 is 0 Å². The summed E-state index contributed by atoms with van der Waals surface area (Å²) in [6.07, 6.45) is 2.15. The summed E-state index contributed by atoms with van der Waals surface area (Å²) >= 11 is 0. The lowest BCUT2D eigenvalue weighted by molar-refractivity contribution is 0.221. The predicted molar refractivity (Wildman–Crippen MR) is 77.8 cm³/mol. The van der Waals surface area contributed by atoms with Crippen molar-refractivity contribution in [3.63, 3.8) is 0 Å². The molecule has 2 N–H and O–H groups in total. The summed E-state index contributed by atoms with van der Waals surface area (Å²) in [7, 11) is 0. The van der Waals surface area contributed by atoms with Crippen LogP contribution >= 0.6 is 0 Å². The Hall–Kier alpha value is -0.860. The molecule has 102 valence electrons. The second-order valence-corrected chi connectivity index (χ2v) is 5.57. The summed E-state index contributed by atoms with van der Waals surface area (Å²) in [5, 5.41) is 12.9. The van der Waals surface area contributed by atoms with Gasteiger partial charge in [-0.2, -0.15) is 0 Å². The second-order valence-electron chi connectivity index (χ2n) is 5.57. The van der Waals surface area contributed by atoms with Gasteiger partial charge in [0.2, 0.25) is 0 Å². The zero-order valence-electron chi connectivity index (χ0n) is 11.9. The maximum Gasteiger partial charge on any atom is 0.0474 e. The topological polar surface area (TPSA) is 32.3 Å². The average Bonchev–Trinajstić information content (AvgIpc) is 2.35. The van der Waals surface area contributed by atoms with Crippen molar-refractivity contribution in [1.29, 1.82) is 0 Å². The van der Waals surface area contributed by atoms with Gasteiger partial charge in [0.15, 0.2) is 0 Å². The molecule has 0 amide bonds. The summed E-state index contributed by atoms with van der Waals surface area (Å²) in [5.74, 6) is 1.06. The predicted octanol–water partition coefficient (Wildman–Crippen LogP) is 2.78. The molecule has 0 aliphatic carbocycles. The Labute approximate surface area is 111 Å². The Balaban J connectivity index is 2.36. The molecule has 18 heavy (non-hydrogen) atoms. The molecule has 0 bridgehead atoms. The first-order valence-electron chi connectivity index (χ1n) is 6.99. The minimum Gasteiger partial charge on any atom is -0.396 e. The van der Waals surface area contributed by atoms with Gasteiger partial charge in [-0.1, -0.05) is 38.1 Å². The average molecular weight is 249 g/mol. The molecule has 1 aromatic rings. The summed E-state index contributed by atoms with van der Waals surface area (Å²) in [4.78, 5) is 0. The van der Waals surface area contributed by atoms with E-state index in [1.165, 1.54) is 17.5 Å². The largest absolute Gasteiger partial charge is 0.396 e. The molecule has 0 saturated carbocycles. The van der Waals surface area contributed by atoms with Gasteiger partial charge in [-0.15, -0.1) is 0 Å². The van der Waals surface area contributed by atoms with Crippen molar-refractivity contribution in [2.24, 2.45) is 11.8 Å². The first-order chi connectivity index (χ1) is 8.63. The third-order valence-electron chi connectivity index (χ3n) is 3.36. The fourth-order valence-electron chi connectivity index (χ4n) is 2.05. The molecule has 1 aromatic carbocycles. The van der Waals surface area contributed by atoms with E-state index in [2.05, 4.69) is 50.4 Å². The molecule has 0 aliphatic heterocycles. The second kappa shape index (κ2) is 8.28. The van der Waals surface area contributed by atoms with E-state index in [1.54, 1.807) is 0 Å². The molecule has 2 heteroatoms. The van der Waals surface area contributed by atoms with Gasteiger partial charge in [-0.3, -0.25) is 0 Å². The number of aryl methyl sites for hydroxylation is 1. The van der Waals surface area contributed by atoms with Crippen LogP contribution in [0, 0.1) is 18.8 Å². The van der Waals surface area contributed by atoms with Gasteiger partial charge in [-0.25, -0.2) is 0 Å². The van der Waals surface area contributed by atoms with Crippen LogP contribution in [0.25, 0.3) is 0 Å². The summed E-state index contributed by atoms with van der Waals surface area (Å²) in [6, 6.07) is 8.43. The van der Waals surface area contributed by atoms with E-state index >= 15 is 0 Å². The van der Waals surface area contributed by atoms with E-state index < -0.39 is 0 Å². The highest BCUT2D eigenvalue weighted by atomic mass is 16.3. The lowest BCUT2D eigenvalue weighted by Crippen LogP contribution is -2.28. The highest BCUT2D eigenvalue weighted by Gasteiger charge is 2.09. The van der Waals surface area contributed by atoms with Crippen LogP contribution < -0.4 is 5.32 Å². The van der Waals surface area contributed by atoms with Crippen molar-refractivity contribution in [2.45, 2.75) is 33.6 Å². The number of rotatable bonds is 8. The third-order valence-corrected chi connectivity index (χ3v) is 3.36. The van der Waals surface area contributed by atoms with Crippen molar-refractivity contribution in [3.8, 4) is 0 Å². The zero-order chi connectivity index (χ0) is 13.4. The van der Waals surface area contributed by atoms with E-state index in [1.807, 2.05) is 0 Å². The van der Waals surface area contributed by atoms with Crippen LogP contribution in [0.1, 0.15) is 31.4 Å².